The van der Waals surface area contributed by atoms with Crippen LogP contribution >= 0.6 is 0 Å². The van der Waals surface area contributed by atoms with Crippen LogP contribution in [0.2, 0.25) is 0 Å². The fourth-order valence-corrected chi connectivity index (χ4v) is 2.02. The van der Waals surface area contributed by atoms with Crippen molar-refractivity contribution in [1.82, 2.24) is 4.98 Å². The lowest BCUT2D eigenvalue weighted by atomic mass is 9.85. The predicted octanol–water partition coefficient (Wildman–Crippen LogP) is 2.06. The Hall–Kier alpha value is -1.32. The summed E-state index contributed by atoms with van der Waals surface area (Å²) in [7, 11) is 0. The first kappa shape index (κ1) is 12.1. The summed E-state index contributed by atoms with van der Waals surface area (Å²) in [5.74, 6) is 0. The van der Waals surface area contributed by atoms with Gasteiger partial charge in [-0.05, 0) is 31.0 Å². The molecule has 0 amide bonds. The summed E-state index contributed by atoms with van der Waals surface area (Å²) in [4.78, 5) is 3.27. The second-order valence-corrected chi connectivity index (χ2v) is 5.03. The van der Waals surface area contributed by atoms with E-state index in [2.05, 4.69) is 23.3 Å². The van der Waals surface area contributed by atoms with E-state index in [1.807, 2.05) is 19.1 Å². The molecule has 0 aliphatic rings. The van der Waals surface area contributed by atoms with Crippen molar-refractivity contribution in [3.05, 3.63) is 36.0 Å². The van der Waals surface area contributed by atoms with Gasteiger partial charge < -0.3 is 15.8 Å². The maximum absolute atomic E-state index is 9.34. The highest BCUT2D eigenvalue weighted by atomic mass is 16.3. The number of aliphatic hydroxyl groups is 1. The van der Waals surface area contributed by atoms with Gasteiger partial charge in [0.05, 0.1) is 0 Å². The number of aromatic nitrogens is 1. The third kappa shape index (κ3) is 2.51. The molecule has 0 radical (unpaired) electrons. The van der Waals surface area contributed by atoms with E-state index in [0.29, 0.717) is 6.54 Å². The number of rotatable bonds is 5. The molecule has 1 atom stereocenters. The number of benzene rings is 1. The molecule has 4 N–H and O–H groups in total. The van der Waals surface area contributed by atoms with Crippen LogP contribution in [0.4, 0.5) is 0 Å². The standard InChI is InChI=1S/C14H20N2O/c1-14(9-15,10-17)7-6-11-8-16-13-5-3-2-4-12(11)13/h2-5,8,16-17H,6-7,9-10,15H2,1H3. The molecular weight excluding hydrogens is 212 g/mol. The van der Waals surface area contributed by atoms with Crippen molar-refractivity contribution < 1.29 is 5.11 Å². The van der Waals surface area contributed by atoms with Gasteiger partial charge in [0.2, 0.25) is 0 Å². The Morgan fingerprint density at radius 3 is 2.82 bits per heavy atom. The van der Waals surface area contributed by atoms with Gasteiger partial charge in [-0.2, -0.15) is 0 Å². The number of hydrogen-bond donors (Lipinski definition) is 3. The number of aliphatic hydroxyl groups excluding tert-OH is 1. The third-order valence-electron chi connectivity index (χ3n) is 3.55. The Balaban J connectivity index is 2.14. The zero-order valence-corrected chi connectivity index (χ0v) is 10.2. The number of nitrogens with one attached hydrogen (secondary N) is 1. The highest BCUT2D eigenvalue weighted by Crippen LogP contribution is 2.25. The number of hydrogen-bond acceptors (Lipinski definition) is 2. The molecule has 1 heterocycles. The van der Waals surface area contributed by atoms with Crippen LogP contribution in [0.15, 0.2) is 30.5 Å². The van der Waals surface area contributed by atoms with Gasteiger partial charge in [-0.3, -0.25) is 0 Å². The van der Waals surface area contributed by atoms with E-state index in [9.17, 15) is 5.11 Å². The number of aromatic amines is 1. The molecule has 92 valence electrons. The largest absolute Gasteiger partial charge is 0.396 e. The predicted molar refractivity (Wildman–Crippen MR) is 70.9 cm³/mol. The maximum atomic E-state index is 9.34. The van der Waals surface area contributed by atoms with Crippen LogP contribution in [0.3, 0.4) is 0 Å². The van der Waals surface area contributed by atoms with Gasteiger partial charge in [-0.15, -0.1) is 0 Å². The second kappa shape index (κ2) is 4.90. The van der Waals surface area contributed by atoms with Crippen molar-refractivity contribution in [2.75, 3.05) is 13.2 Å². The van der Waals surface area contributed by atoms with Crippen LogP contribution in [0.25, 0.3) is 10.9 Å². The van der Waals surface area contributed by atoms with Gasteiger partial charge in [0.15, 0.2) is 0 Å². The Kier molecular flexibility index (Phi) is 3.50. The minimum atomic E-state index is -0.168. The summed E-state index contributed by atoms with van der Waals surface area (Å²) in [5, 5.41) is 10.6. The van der Waals surface area contributed by atoms with E-state index in [1.165, 1.54) is 16.5 Å². The van der Waals surface area contributed by atoms with Crippen LogP contribution in [-0.2, 0) is 6.42 Å². The molecule has 2 aromatic rings. The van der Waals surface area contributed by atoms with E-state index in [1.54, 1.807) is 0 Å². The lowest BCUT2D eigenvalue weighted by molar-refractivity contribution is 0.140. The fraction of sp³-hybridized carbons (Fsp3) is 0.429. The number of H-pyrrole nitrogens is 1. The van der Waals surface area contributed by atoms with Crippen molar-refractivity contribution in [2.24, 2.45) is 11.1 Å². The second-order valence-electron chi connectivity index (χ2n) is 5.03. The lowest BCUT2D eigenvalue weighted by Gasteiger charge is -2.24. The van der Waals surface area contributed by atoms with Gasteiger partial charge >= 0.3 is 0 Å². The Morgan fingerprint density at radius 1 is 1.35 bits per heavy atom. The minimum Gasteiger partial charge on any atom is -0.396 e. The highest BCUT2D eigenvalue weighted by Gasteiger charge is 2.21. The molecule has 0 saturated carbocycles. The first-order chi connectivity index (χ1) is 8.18. The molecule has 0 aliphatic heterocycles. The fourth-order valence-electron chi connectivity index (χ4n) is 2.02. The molecule has 1 aromatic heterocycles. The van der Waals surface area contributed by atoms with E-state index >= 15 is 0 Å². The Bertz CT molecular complexity index is 486. The monoisotopic (exact) mass is 232 g/mol. The molecule has 0 spiro atoms. The zero-order valence-electron chi connectivity index (χ0n) is 10.2. The first-order valence-electron chi connectivity index (χ1n) is 6.04. The summed E-state index contributed by atoms with van der Waals surface area (Å²) >= 11 is 0. The van der Waals surface area contributed by atoms with Crippen molar-refractivity contribution >= 4 is 10.9 Å². The topological polar surface area (TPSA) is 62.0 Å². The molecule has 0 fully saturated rings. The number of nitrogens with two attached hydrogens (primary N) is 1. The molecule has 1 unspecified atom stereocenters. The quantitative estimate of drug-likeness (QED) is 0.739. The Labute approximate surface area is 102 Å². The molecule has 2 rings (SSSR count). The van der Waals surface area contributed by atoms with Crippen LogP contribution < -0.4 is 5.73 Å². The molecule has 3 heteroatoms. The van der Waals surface area contributed by atoms with E-state index < -0.39 is 0 Å². The van der Waals surface area contributed by atoms with E-state index in [0.717, 1.165) is 12.8 Å². The smallest absolute Gasteiger partial charge is 0.0496 e. The van der Waals surface area contributed by atoms with Crippen molar-refractivity contribution in [1.29, 1.82) is 0 Å². The molecule has 3 nitrogen and oxygen atoms in total. The van der Waals surface area contributed by atoms with Crippen LogP contribution in [0.5, 0.6) is 0 Å². The summed E-state index contributed by atoms with van der Waals surface area (Å²) < 4.78 is 0. The number of fused-ring (bicyclic) bond motifs is 1. The molecule has 1 aromatic carbocycles. The molecule has 0 aliphatic carbocycles. The average Bonchev–Trinajstić information content (AvgIpc) is 2.79. The van der Waals surface area contributed by atoms with Crippen molar-refractivity contribution in [3.63, 3.8) is 0 Å². The van der Waals surface area contributed by atoms with Gasteiger partial charge in [0, 0.05) is 29.1 Å². The van der Waals surface area contributed by atoms with E-state index in [-0.39, 0.29) is 12.0 Å². The third-order valence-corrected chi connectivity index (χ3v) is 3.55. The van der Waals surface area contributed by atoms with Crippen LogP contribution in [0.1, 0.15) is 18.9 Å². The first-order valence-corrected chi connectivity index (χ1v) is 6.04. The van der Waals surface area contributed by atoms with Crippen LogP contribution in [0, 0.1) is 5.41 Å². The van der Waals surface area contributed by atoms with Gasteiger partial charge in [0.1, 0.15) is 0 Å². The molecule has 0 bridgehead atoms. The summed E-state index contributed by atoms with van der Waals surface area (Å²) in [6.07, 6.45) is 3.90. The van der Waals surface area contributed by atoms with E-state index in [4.69, 9.17) is 5.73 Å². The maximum Gasteiger partial charge on any atom is 0.0496 e. The summed E-state index contributed by atoms with van der Waals surface area (Å²) in [6, 6.07) is 8.28. The number of para-hydroxylation sites is 1. The zero-order chi connectivity index (χ0) is 12.3. The molecule has 0 saturated heterocycles. The lowest BCUT2D eigenvalue weighted by Crippen LogP contribution is -2.31. The van der Waals surface area contributed by atoms with Gasteiger partial charge in [-0.1, -0.05) is 25.1 Å². The SMILES string of the molecule is CC(CN)(CO)CCc1c[nH]c2ccccc12. The van der Waals surface area contributed by atoms with Crippen LogP contribution in [-0.4, -0.2) is 23.2 Å². The highest BCUT2D eigenvalue weighted by molar-refractivity contribution is 5.82. The Morgan fingerprint density at radius 2 is 2.12 bits per heavy atom. The van der Waals surface area contributed by atoms with Crippen molar-refractivity contribution in [3.8, 4) is 0 Å². The molecule has 17 heavy (non-hydrogen) atoms. The number of aryl methyl sites for hydroxylation is 1. The normalized spacial score (nSPS) is 15.0. The van der Waals surface area contributed by atoms with Crippen molar-refractivity contribution in [2.45, 2.75) is 19.8 Å². The summed E-state index contributed by atoms with van der Waals surface area (Å²) in [6.45, 7) is 2.69. The van der Waals surface area contributed by atoms with Gasteiger partial charge in [0.25, 0.3) is 0 Å². The van der Waals surface area contributed by atoms with Gasteiger partial charge in [-0.25, -0.2) is 0 Å². The summed E-state index contributed by atoms with van der Waals surface area (Å²) in [5.41, 5.74) is 8.00. The average molecular weight is 232 g/mol. The minimum absolute atomic E-state index is 0.145. The molecular formula is C14H20N2O.